The van der Waals surface area contributed by atoms with Gasteiger partial charge >= 0.3 is 0 Å². The number of aryl methyl sites for hydroxylation is 1. The lowest BCUT2D eigenvalue weighted by Crippen LogP contribution is -2.15. The highest BCUT2D eigenvalue weighted by molar-refractivity contribution is 7.80. The number of nitrogens with zero attached hydrogens (tertiary/aromatic N) is 3. The number of benzene rings is 1. The molecule has 0 amide bonds. The quantitative estimate of drug-likeness (QED) is 0.750. The van der Waals surface area contributed by atoms with Crippen LogP contribution in [0.15, 0.2) is 42.5 Å². The van der Waals surface area contributed by atoms with Gasteiger partial charge in [0.15, 0.2) is 0 Å². The van der Waals surface area contributed by atoms with Crippen LogP contribution in [0.5, 0.6) is 0 Å². The Morgan fingerprint density at radius 3 is 2.70 bits per heavy atom. The second-order valence-corrected chi connectivity index (χ2v) is 5.16. The number of thiocarbonyl (C=S) groups is 1. The molecular formula is C15H14N4S. The van der Waals surface area contributed by atoms with E-state index in [0.29, 0.717) is 11.4 Å². The number of aromatic nitrogens is 3. The summed E-state index contributed by atoms with van der Waals surface area (Å²) >= 11 is 5.02. The third-order valence-electron chi connectivity index (χ3n) is 3.07. The number of imidazole rings is 1. The topological polar surface area (TPSA) is 56.7 Å². The Kier molecular flexibility index (Phi) is 3.20. The molecule has 3 rings (SSSR count). The summed E-state index contributed by atoms with van der Waals surface area (Å²) in [4.78, 5) is 9.61. The van der Waals surface area contributed by atoms with E-state index in [-0.39, 0.29) is 0 Å². The van der Waals surface area contributed by atoms with Crippen LogP contribution in [0.3, 0.4) is 0 Å². The summed E-state index contributed by atoms with van der Waals surface area (Å²) in [5, 5.41) is 0. The summed E-state index contributed by atoms with van der Waals surface area (Å²) in [6, 6.07) is 13.9. The lowest BCUT2D eigenvalue weighted by molar-refractivity contribution is 0.923. The molecule has 0 spiro atoms. The van der Waals surface area contributed by atoms with E-state index in [2.05, 4.69) is 9.97 Å². The van der Waals surface area contributed by atoms with E-state index >= 15 is 0 Å². The molecule has 20 heavy (non-hydrogen) atoms. The predicted molar refractivity (Wildman–Crippen MR) is 84.1 cm³/mol. The molecule has 0 bridgehead atoms. The largest absolute Gasteiger partial charge is 0.393 e. The summed E-state index contributed by atoms with van der Waals surface area (Å²) in [6.45, 7) is 1.97. The molecular weight excluding hydrogens is 268 g/mol. The van der Waals surface area contributed by atoms with Gasteiger partial charge in [0.2, 0.25) is 0 Å². The van der Waals surface area contributed by atoms with Gasteiger partial charge in [0, 0.05) is 5.69 Å². The van der Waals surface area contributed by atoms with Crippen molar-refractivity contribution in [3.63, 3.8) is 0 Å². The average Bonchev–Trinajstić information content (AvgIpc) is 2.75. The maximum Gasteiger partial charge on any atom is 0.138 e. The molecule has 0 aliphatic carbocycles. The molecule has 0 saturated carbocycles. The van der Waals surface area contributed by atoms with Crippen molar-refractivity contribution in [1.29, 1.82) is 0 Å². The van der Waals surface area contributed by atoms with Crippen molar-refractivity contribution in [2.75, 3.05) is 0 Å². The number of rotatable bonds is 3. The number of pyridine rings is 1. The van der Waals surface area contributed by atoms with E-state index in [1.807, 2.05) is 54.0 Å². The van der Waals surface area contributed by atoms with E-state index in [0.717, 1.165) is 28.4 Å². The van der Waals surface area contributed by atoms with E-state index in [9.17, 15) is 0 Å². The first-order valence-corrected chi connectivity index (χ1v) is 6.74. The zero-order chi connectivity index (χ0) is 14.1. The second kappa shape index (κ2) is 5.02. The van der Waals surface area contributed by atoms with Gasteiger partial charge in [-0.25, -0.2) is 9.97 Å². The van der Waals surface area contributed by atoms with Gasteiger partial charge in [0.1, 0.15) is 11.6 Å². The number of hydrogen-bond acceptors (Lipinski definition) is 3. The molecule has 0 radical (unpaired) electrons. The van der Waals surface area contributed by atoms with Crippen molar-refractivity contribution in [3.05, 3.63) is 54.0 Å². The molecule has 2 heterocycles. The molecule has 0 aliphatic rings. The Labute approximate surface area is 122 Å². The van der Waals surface area contributed by atoms with Gasteiger partial charge in [-0.3, -0.25) is 4.57 Å². The minimum Gasteiger partial charge on any atom is -0.393 e. The molecule has 0 fully saturated rings. The van der Waals surface area contributed by atoms with Crippen molar-refractivity contribution in [1.82, 2.24) is 14.5 Å². The zero-order valence-electron chi connectivity index (χ0n) is 11.1. The maximum absolute atomic E-state index is 5.68. The Bertz CT molecular complexity index is 791. The molecule has 0 aliphatic heterocycles. The van der Waals surface area contributed by atoms with Crippen molar-refractivity contribution >= 4 is 28.2 Å². The molecule has 0 unspecified atom stereocenters. The maximum atomic E-state index is 5.68. The van der Waals surface area contributed by atoms with Gasteiger partial charge in [-0.2, -0.15) is 0 Å². The molecule has 1 aromatic carbocycles. The first-order valence-electron chi connectivity index (χ1n) is 6.34. The number of hydrogen-bond donors (Lipinski definition) is 1. The van der Waals surface area contributed by atoms with Crippen molar-refractivity contribution in [2.24, 2.45) is 5.73 Å². The molecule has 0 saturated heterocycles. The molecule has 4 nitrogen and oxygen atoms in total. The van der Waals surface area contributed by atoms with E-state index in [1.54, 1.807) is 0 Å². The standard InChI is InChI=1S/C15H14N4S/c1-10-5-4-8-14(17-10)19-12-7-3-2-6-11(12)18-15(19)9-13(16)20/h2-8H,9H2,1H3,(H2,16,20). The minimum atomic E-state index is 0.425. The van der Waals surface area contributed by atoms with Crippen LogP contribution >= 0.6 is 12.2 Å². The summed E-state index contributed by atoms with van der Waals surface area (Å²) in [5.41, 5.74) is 8.57. The average molecular weight is 282 g/mol. The van der Waals surface area contributed by atoms with Crippen LogP contribution in [-0.4, -0.2) is 19.5 Å². The van der Waals surface area contributed by atoms with E-state index in [4.69, 9.17) is 18.0 Å². The van der Waals surface area contributed by atoms with Crippen LogP contribution in [0.2, 0.25) is 0 Å². The van der Waals surface area contributed by atoms with Crippen molar-refractivity contribution in [3.8, 4) is 5.82 Å². The van der Waals surface area contributed by atoms with Crippen LogP contribution < -0.4 is 5.73 Å². The van der Waals surface area contributed by atoms with Crippen LogP contribution in [0, 0.1) is 6.92 Å². The van der Waals surface area contributed by atoms with Crippen LogP contribution in [-0.2, 0) is 6.42 Å². The first kappa shape index (κ1) is 12.7. The highest BCUT2D eigenvalue weighted by atomic mass is 32.1. The monoisotopic (exact) mass is 282 g/mol. The van der Waals surface area contributed by atoms with E-state index < -0.39 is 0 Å². The fraction of sp³-hybridized carbons (Fsp3) is 0.133. The summed E-state index contributed by atoms with van der Waals surface area (Å²) < 4.78 is 2.02. The molecule has 100 valence electrons. The fourth-order valence-corrected chi connectivity index (χ4v) is 2.39. The zero-order valence-corrected chi connectivity index (χ0v) is 11.9. The van der Waals surface area contributed by atoms with Crippen LogP contribution in [0.25, 0.3) is 16.9 Å². The summed E-state index contributed by atoms with van der Waals surface area (Å²) in [7, 11) is 0. The highest BCUT2D eigenvalue weighted by Gasteiger charge is 2.13. The van der Waals surface area contributed by atoms with Gasteiger partial charge in [-0.1, -0.05) is 30.4 Å². The van der Waals surface area contributed by atoms with Gasteiger partial charge in [-0.05, 0) is 31.2 Å². The Morgan fingerprint density at radius 1 is 1.15 bits per heavy atom. The van der Waals surface area contributed by atoms with Gasteiger partial charge < -0.3 is 5.73 Å². The predicted octanol–water partition coefficient (Wildman–Crippen LogP) is 2.56. The van der Waals surface area contributed by atoms with Crippen LogP contribution in [0.4, 0.5) is 0 Å². The molecule has 3 aromatic rings. The summed E-state index contributed by atoms with van der Waals surface area (Å²) in [6.07, 6.45) is 0.458. The fourth-order valence-electron chi connectivity index (χ4n) is 2.26. The molecule has 5 heteroatoms. The minimum absolute atomic E-state index is 0.425. The smallest absolute Gasteiger partial charge is 0.138 e. The number of nitrogens with two attached hydrogens (primary N) is 1. The molecule has 2 N–H and O–H groups in total. The van der Waals surface area contributed by atoms with Crippen LogP contribution in [0.1, 0.15) is 11.5 Å². The van der Waals surface area contributed by atoms with Crippen molar-refractivity contribution < 1.29 is 0 Å². The molecule has 2 aromatic heterocycles. The normalized spacial score (nSPS) is 10.8. The van der Waals surface area contributed by atoms with E-state index in [1.165, 1.54) is 0 Å². The summed E-state index contributed by atoms with van der Waals surface area (Å²) in [5.74, 6) is 1.65. The Hall–Kier alpha value is -2.27. The third-order valence-corrected chi connectivity index (χ3v) is 3.21. The highest BCUT2D eigenvalue weighted by Crippen LogP contribution is 2.20. The number of fused-ring (bicyclic) bond motifs is 1. The number of para-hydroxylation sites is 2. The Morgan fingerprint density at radius 2 is 1.95 bits per heavy atom. The van der Waals surface area contributed by atoms with Gasteiger partial charge in [-0.15, -0.1) is 0 Å². The lowest BCUT2D eigenvalue weighted by atomic mass is 10.3. The third kappa shape index (κ3) is 2.28. The second-order valence-electron chi connectivity index (χ2n) is 4.63. The molecule has 0 atom stereocenters. The lowest BCUT2D eigenvalue weighted by Gasteiger charge is -2.08. The SMILES string of the molecule is Cc1cccc(-n2c(CC(N)=S)nc3ccccc32)n1. The van der Waals surface area contributed by atoms with Crippen molar-refractivity contribution in [2.45, 2.75) is 13.3 Å². The first-order chi connectivity index (χ1) is 9.65. The van der Waals surface area contributed by atoms with Gasteiger partial charge in [0.05, 0.1) is 22.4 Å². The van der Waals surface area contributed by atoms with Gasteiger partial charge in [0.25, 0.3) is 0 Å². The Balaban J connectivity index is 2.28.